The van der Waals surface area contributed by atoms with Gasteiger partial charge in [-0.15, -0.1) is 0 Å². The number of nitrogens with zero attached hydrogens (tertiary/aromatic N) is 1. The largest absolute Gasteiger partial charge is 0.331 e. The molecular weight excluding hydrogens is 220 g/mol. The molecule has 0 spiro atoms. The van der Waals surface area contributed by atoms with Gasteiger partial charge in [0, 0.05) is 0 Å². The highest BCUT2D eigenvalue weighted by Gasteiger charge is 2.37. The smallest absolute Gasteiger partial charge is 0.277 e. The number of imide groups is 2. The first kappa shape index (κ1) is 11.3. The minimum atomic E-state index is -0.809. The number of amides is 4. The number of hydrogen-bond donors (Lipinski definition) is 1. The molecule has 0 radical (unpaired) electrons. The van der Waals surface area contributed by atoms with E-state index in [1.165, 1.54) is 6.92 Å². The summed E-state index contributed by atoms with van der Waals surface area (Å²) in [7, 11) is 0. The van der Waals surface area contributed by atoms with Crippen molar-refractivity contribution in [3.05, 3.63) is 35.9 Å². The molecule has 1 atom stereocenters. The monoisotopic (exact) mass is 232 g/mol. The Kier molecular flexibility index (Phi) is 2.91. The predicted molar refractivity (Wildman–Crippen MR) is 59.7 cm³/mol. The number of carbonyl (C=O) groups excluding carboxylic acids is 3. The van der Waals surface area contributed by atoms with Crippen molar-refractivity contribution < 1.29 is 14.4 Å². The molecule has 1 N–H and O–H groups in total. The van der Waals surface area contributed by atoms with E-state index < -0.39 is 23.8 Å². The average Bonchev–Trinajstić information content (AvgIpc) is 2.33. The normalized spacial score (nSPS) is 20.4. The standard InChI is InChI=1S/C12H12N2O3/c1-8-10(15)13-12(17)14(11(8)16)7-9-5-3-2-4-6-9/h2-6,8H,7H2,1H3,(H,13,15,17). The zero-order valence-corrected chi connectivity index (χ0v) is 9.34. The molecule has 0 aromatic heterocycles. The second-order valence-corrected chi connectivity index (χ2v) is 3.93. The predicted octanol–water partition coefficient (Wildman–Crippen LogP) is 0.901. The molecule has 0 saturated carbocycles. The fourth-order valence-corrected chi connectivity index (χ4v) is 1.64. The van der Waals surface area contributed by atoms with Crippen molar-refractivity contribution in [3.63, 3.8) is 0 Å². The molecule has 1 aliphatic heterocycles. The fourth-order valence-electron chi connectivity index (χ4n) is 1.64. The highest BCUT2D eigenvalue weighted by molar-refractivity contribution is 6.15. The van der Waals surface area contributed by atoms with Crippen LogP contribution in [0.4, 0.5) is 4.79 Å². The van der Waals surface area contributed by atoms with Gasteiger partial charge in [-0.1, -0.05) is 30.3 Å². The van der Waals surface area contributed by atoms with Gasteiger partial charge in [0.25, 0.3) is 0 Å². The maximum absolute atomic E-state index is 11.8. The molecule has 0 aliphatic carbocycles. The van der Waals surface area contributed by atoms with Gasteiger partial charge in [0.05, 0.1) is 6.54 Å². The van der Waals surface area contributed by atoms with E-state index >= 15 is 0 Å². The van der Waals surface area contributed by atoms with E-state index in [4.69, 9.17) is 0 Å². The second-order valence-electron chi connectivity index (χ2n) is 3.93. The van der Waals surface area contributed by atoms with Crippen LogP contribution in [-0.2, 0) is 16.1 Å². The molecule has 1 saturated heterocycles. The Bertz CT molecular complexity index is 470. The molecule has 5 heteroatoms. The lowest BCUT2D eigenvalue weighted by Crippen LogP contribution is -2.56. The second kappa shape index (κ2) is 4.37. The number of nitrogens with one attached hydrogen (secondary N) is 1. The molecule has 88 valence electrons. The van der Waals surface area contributed by atoms with Crippen LogP contribution in [0.25, 0.3) is 0 Å². The lowest BCUT2D eigenvalue weighted by molar-refractivity contribution is -0.142. The molecule has 0 bridgehead atoms. The van der Waals surface area contributed by atoms with Gasteiger partial charge in [-0.2, -0.15) is 0 Å². The Morgan fingerprint density at radius 2 is 1.82 bits per heavy atom. The van der Waals surface area contributed by atoms with Gasteiger partial charge in [0.2, 0.25) is 11.8 Å². The third kappa shape index (κ3) is 2.18. The van der Waals surface area contributed by atoms with Gasteiger partial charge in [-0.3, -0.25) is 19.8 Å². The Morgan fingerprint density at radius 3 is 2.47 bits per heavy atom. The summed E-state index contributed by atoms with van der Waals surface area (Å²) in [4.78, 5) is 35.6. The van der Waals surface area contributed by atoms with Crippen LogP contribution >= 0.6 is 0 Å². The minimum Gasteiger partial charge on any atom is -0.277 e. The first-order valence-electron chi connectivity index (χ1n) is 5.29. The zero-order valence-electron chi connectivity index (χ0n) is 9.34. The van der Waals surface area contributed by atoms with Crippen molar-refractivity contribution >= 4 is 17.8 Å². The highest BCUT2D eigenvalue weighted by atomic mass is 16.2. The van der Waals surface area contributed by atoms with Gasteiger partial charge in [0.15, 0.2) is 0 Å². The first-order valence-corrected chi connectivity index (χ1v) is 5.29. The highest BCUT2D eigenvalue weighted by Crippen LogP contribution is 2.13. The zero-order chi connectivity index (χ0) is 12.4. The summed E-state index contributed by atoms with van der Waals surface area (Å²) in [6.45, 7) is 1.67. The number of hydrogen-bond acceptors (Lipinski definition) is 3. The van der Waals surface area contributed by atoms with Crippen LogP contribution in [0.1, 0.15) is 12.5 Å². The van der Waals surface area contributed by atoms with Crippen molar-refractivity contribution in [2.75, 3.05) is 0 Å². The van der Waals surface area contributed by atoms with Gasteiger partial charge in [-0.25, -0.2) is 4.79 Å². The molecule has 4 amide bonds. The van der Waals surface area contributed by atoms with Gasteiger partial charge in [0.1, 0.15) is 5.92 Å². The minimum absolute atomic E-state index is 0.184. The molecule has 1 aromatic carbocycles. The van der Waals surface area contributed by atoms with Gasteiger partial charge >= 0.3 is 6.03 Å². The van der Waals surface area contributed by atoms with Crippen LogP contribution in [0.5, 0.6) is 0 Å². The maximum atomic E-state index is 11.8. The molecule has 17 heavy (non-hydrogen) atoms. The number of carbonyl (C=O) groups is 3. The lowest BCUT2D eigenvalue weighted by atomic mass is 10.1. The summed E-state index contributed by atoms with van der Waals surface area (Å²) in [5, 5.41) is 2.16. The summed E-state index contributed by atoms with van der Waals surface area (Å²) in [5.74, 6) is -1.80. The summed E-state index contributed by atoms with van der Waals surface area (Å²) < 4.78 is 0. The van der Waals surface area contributed by atoms with Crippen LogP contribution < -0.4 is 5.32 Å². The van der Waals surface area contributed by atoms with Crippen LogP contribution in [-0.4, -0.2) is 22.7 Å². The summed E-state index contributed by atoms with van der Waals surface area (Å²) in [5.41, 5.74) is 0.845. The molecule has 1 fully saturated rings. The van der Waals surface area contributed by atoms with Crippen LogP contribution in [0.2, 0.25) is 0 Å². The maximum Gasteiger partial charge on any atom is 0.331 e. The number of urea groups is 1. The van der Waals surface area contributed by atoms with E-state index in [0.717, 1.165) is 10.5 Å². The molecule has 2 rings (SSSR count). The fraction of sp³-hybridized carbons (Fsp3) is 0.250. The number of rotatable bonds is 2. The molecule has 1 aliphatic rings. The Labute approximate surface area is 98.4 Å². The molecule has 1 aromatic rings. The van der Waals surface area contributed by atoms with E-state index in [9.17, 15) is 14.4 Å². The van der Waals surface area contributed by atoms with E-state index in [1.807, 2.05) is 30.3 Å². The first-order chi connectivity index (χ1) is 8.09. The molecule has 1 unspecified atom stereocenters. The Morgan fingerprint density at radius 1 is 1.18 bits per heavy atom. The number of benzene rings is 1. The van der Waals surface area contributed by atoms with E-state index in [0.29, 0.717) is 0 Å². The molecular formula is C12H12N2O3. The quantitative estimate of drug-likeness (QED) is 0.770. The Balaban J connectivity index is 2.18. The SMILES string of the molecule is CC1C(=O)NC(=O)N(Cc2ccccc2)C1=O. The molecule has 5 nitrogen and oxygen atoms in total. The third-order valence-electron chi connectivity index (χ3n) is 2.69. The van der Waals surface area contributed by atoms with E-state index in [2.05, 4.69) is 5.32 Å². The third-order valence-corrected chi connectivity index (χ3v) is 2.69. The van der Waals surface area contributed by atoms with Crippen LogP contribution in [0.15, 0.2) is 30.3 Å². The Hall–Kier alpha value is -2.17. The molecule has 1 heterocycles. The average molecular weight is 232 g/mol. The van der Waals surface area contributed by atoms with Gasteiger partial charge in [-0.05, 0) is 12.5 Å². The van der Waals surface area contributed by atoms with Gasteiger partial charge < -0.3 is 0 Å². The van der Waals surface area contributed by atoms with Crippen molar-refractivity contribution in [2.45, 2.75) is 13.5 Å². The van der Waals surface area contributed by atoms with Crippen LogP contribution in [0, 0.1) is 5.92 Å². The topological polar surface area (TPSA) is 66.5 Å². The van der Waals surface area contributed by atoms with Crippen LogP contribution in [0.3, 0.4) is 0 Å². The van der Waals surface area contributed by atoms with Crippen molar-refractivity contribution in [2.24, 2.45) is 5.92 Å². The van der Waals surface area contributed by atoms with Crippen molar-refractivity contribution in [1.82, 2.24) is 10.2 Å². The summed E-state index contributed by atoms with van der Waals surface area (Å²) >= 11 is 0. The van der Waals surface area contributed by atoms with Crippen molar-refractivity contribution in [3.8, 4) is 0 Å². The lowest BCUT2D eigenvalue weighted by Gasteiger charge is -2.28. The number of barbiturate groups is 1. The van der Waals surface area contributed by atoms with Crippen molar-refractivity contribution in [1.29, 1.82) is 0 Å². The summed E-state index contributed by atoms with van der Waals surface area (Å²) in [6.07, 6.45) is 0. The van der Waals surface area contributed by atoms with E-state index in [-0.39, 0.29) is 6.54 Å². The summed E-state index contributed by atoms with van der Waals surface area (Å²) in [6, 6.07) is 8.51. The van der Waals surface area contributed by atoms with E-state index in [1.54, 1.807) is 0 Å².